The highest BCUT2D eigenvalue weighted by Crippen LogP contribution is 2.27. The maximum Gasteiger partial charge on any atom is 0.253 e. The van der Waals surface area contributed by atoms with Gasteiger partial charge in [-0.2, -0.15) is 0 Å². The van der Waals surface area contributed by atoms with Gasteiger partial charge in [-0.15, -0.1) is 16.8 Å². The molecule has 1 heterocycles. The summed E-state index contributed by atoms with van der Waals surface area (Å²) in [4.78, 5) is 25.4. The minimum Gasteiger partial charge on any atom is -0.342 e. The second kappa shape index (κ2) is 13.0. The van der Waals surface area contributed by atoms with Crippen LogP contribution in [0, 0.1) is 11.7 Å². The third-order valence-electron chi connectivity index (χ3n) is 5.04. The number of nitrogens with one attached hydrogen (secondary N) is 2. The summed E-state index contributed by atoms with van der Waals surface area (Å²) in [6.07, 6.45) is 2.30. The van der Waals surface area contributed by atoms with Gasteiger partial charge in [0, 0.05) is 11.0 Å². The van der Waals surface area contributed by atoms with Crippen molar-refractivity contribution in [1.29, 1.82) is 0 Å². The molecule has 0 saturated heterocycles. The average molecular weight is 595 g/mol. The Morgan fingerprint density at radius 3 is 2.67 bits per heavy atom. The lowest BCUT2D eigenvalue weighted by Crippen LogP contribution is -2.32. The molecule has 0 bridgehead atoms. The van der Waals surface area contributed by atoms with Crippen LogP contribution in [0.25, 0.3) is 0 Å². The van der Waals surface area contributed by atoms with Gasteiger partial charge in [-0.3, -0.25) is 9.59 Å². The molecule has 1 aromatic heterocycles. The zero-order valence-corrected chi connectivity index (χ0v) is 23.0. The normalized spacial score (nSPS) is 11.8. The maximum atomic E-state index is 14.1. The first-order valence-corrected chi connectivity index (χ1v) is 13.3. The second-order valence-corrected chi connectivity index (χ2v) is 10.6. The van der Waals surface area contributed by atoms with E-state index in [9.17, 15) is 14.0 Å². The number of carbonyl (C=O) groups is 2. The lowest BCUT2D eigenvalue weighted by molar-refractivity contribution is -0.113. The van der Waals surface area contributed by atoms with Crippen molar-refractivity contribution in [3.05, 3.63) is 81.8 Å². The van der Waals surface area contributed by atoms with Gasteiger partial charge in [0.15, 0.2) is 11.0 Å². The summed E-state index contributed by atoms with van der Waals surface area (Å²) < 4.78 is 16.4. The van der Waals surface area contributed by atoms with E-state index in [2.05, 4.69) is 43.3 Å². The monoisotopic (exact) mass is 593 g/mol. The Morgan fingerprint density at radius 1 is 1.25 bits per heavy atom. The number of hydrogen-bond acceptors (Lipinski definition) is 5. The highest BCUT2D eigenvalue weighted by atomic mass is 79.9. The van der Waals surface area contributed by atoms with Crippen molar-refractivity contribution in [3.63, 3.8) is 0 Å². The van der Waals surface area contributed by atoms with E-state index in [-0.39, 0.29) is 29.2 Å². The van der Waals surface area contributed by atoms with Crippen molar-refractivity contribution in [2.45, 2.75) is 38.0 Å². The molecule has 0 aliphatic rings. The van der Waals surface area contributed by atoms with Crippen molar-refractivity contribution >= 4 is 56.8 Å². The van der Waals surface area contributed by atoms with Gasteiger partial charge in [-0.25, -0.2) is 4.39 Å². The molecule has 36 heavy (non-hydrogen) atoms. The minimum atomic E-state index is -0.536. The van der Waals surface area contributed by atoms with Crippen molar-refractivity contribution in [2.75, 3.05) is 11.1 Å². The van der Waals surface area contributed by atoms with Gasteiger partial charge in [0.25, 0.3) is 5.91 Å². The molecule has 0 unspecified atom stereocenters. The second-order valence-electron chi connectivity index (χ2n) is 8.34. The predicted molar refractivity (Wildman–Crippen MR) is 145 cm³/mol. The third kappa shape index (κ3) is 7.41. The number of carbonyl (C=O) groups excluding carboxylic acids is 2. The molecule has 0 radical (unpaired) electrons. The van der Waals surface area contributed by atoms with Crippen LogP contribution >= 0.6 is 39.3 Å². The van der Waals surface area contributed by atoms with Gasteiger partial charge in [-0.1, -0.05) is 71.3 Å². The molecule has 2 N–H and O–H groups in total. The zero-order valence-electron chi connectivity index (χ0n) is 19.8. The summed E-state index contributed by atoms with van der Waals surface area (Å²) in [5, 5.41) is 15.0. The summed E-state index contributed by atoms with van der Waals surface area (Å²) in [6.45, 7) is 8.28. The molecule has 0 aliphatic carbocycles. The van der Waals surface area contributed by atoms with Gasteiger partial charge in [0.2, 0.25) is 5.91 Å². The Morgan fingerprint density at radius 2 is 2.00 bits per heavy atom. The van der Waals surface area contributed by atoms with Gasteiger partial charge in [0.05, 0.1) is 28.1 Å². The van der Waals surface area contributed by atoms with Crippen LogP contribution in [-0.2, 0) is 11.3 Å². The molecule has 0 aliphatic heterocycles. The Balaban J connectivity index is 1.78. The summed E-state index contributed by atoms with van der Waals surface area (Å²) in [6, 6.07) is 10.8. The third-order valence-corrected chi connectivity index (χ3v) is 6.83. The first-order chi connectivity index (χ1) is 17.2. The molecular formula is C25H26BrClFN5O2S. The number of amides is 2. The fourth-order valence-electron chi connectivity index (χ4n) is 3.45. The van der Waals surface area contributed by atoms with E-state index in [0.717, 1.165) is 11.8 Å². The number of halogens is 3. The fraction of sp³-hybridized carbons (Fsp3) is 0.280. The van der Waals surface area contributed by atoms with Crippen molar-refractivity contribution in [3.8, 4) is 0 Å². The van der Waals surface area contributed by atoms with E-state index >= 15 is 0 Å². The van der Waals surface area contributed by atoms with E-state index in [4.69, 9.17) is 11.6 Å². The fourth-order valence-corrected chi connectivity index (χ4v) is 4.76. The largest absolute Gasteiger partial charge is 0.342 e. The molecule has 1 atom stereocenters. The molecule has 0 saturated carbocycles. The summed E-state index contributed by atoms with van der Waals surface area (Å²) >= 11 is 10.6. The van der Waals surface area contributed by atoms with Crippen LogP contribution < -0.4 is 10.6 Å². The van der Waals surface area contributed by atoms with Crippen molar-refractivity contribution in [2.24, 2.45) is 5.92 Å². The molecule has 2 amide bonds. The highest BCUT2D eigenvalue weighted by Gasteiger charge is 2.25. The maximum absolute atomic E-state index is 14.1. The molecule has 2 aromatic carbocycles. The molecule has 11 heteroatoms. The van der Waals surface area contributed by atoms with Crippen LogP contribution in [0.15, 0.2) is 64.7 Å². The van der Waals surface area contributed by atoms with Crippen LogP contribution in [0.3, 0.4) is 0 Å². The zero-order chi connectivity index (χ0) is 26.2. The Bertz CT molecular complexity index is 1250. The number of nitrogens with zero attached hydrogens (tertiary/aromatic N) is 3. The van der Waals surface area contributed by atoms with E-state index in [1.54, 1.807) is 36.4 Å². The Labute approximate surface area is 227 Å². The smallest absolute Gasteiger partial charge is 0.253 e. The SMILES string of the molecule is C=CCn1c(SCC(=O)Nc2ccc(Br)cc2F)nnc1[C@@H](CC(C)C)NC(=O)c1ccccc1Cl. The number of thioether (sulfide) groups is 1. The highest BCUT2D eigenvalue weighted by molar-refractivity contribution is 9.10. The molecular weight excluding hydrogens is 569 g/mol. The van der Waals surface area contributed by atoms with Crippen molar-refractivity contribution in [1.82, 2.24) is 20.1 Å². The van der Waals surface area contributed by atoms with Crippen LogP contribution in [0.5, 0.6) is 0 Å². The molecule has 190 valence electrons. The molecule has 0 fully saturated rings. The van der Waals surface area contributed by atoms with Crippen molar-refractivity contribution < 1.29 is 14.0 Å². The summed E-state index contributed by atoms with van der Waals surface area (Å²) in [7, 11) is 0. The quantitative estimate of drug-likeness (QED) is 0.202. The van der Waals surface area contributed by atoms with Gasteiger partial charge in [-0.05, 0) is 42.7 Å². The number of benzene rings is 2. The Kier molecular flexibility index (Phi) is 10.1. The number of allylic oxidation sites excluding steroid dienone is 1. The van der Waals surface area contributed by atoms with E-state index in [0.29, 0.717) is 39.0 Å². The lowest BCUT2D eigenvalue weighted by Gasteiger charge is -2.21. The molecule has 3 rings (SSSR count). The Hall–Kier alpha value is -2.69. The molecule has 0 spiro atoms. The molecule has 3 aromatic rings. The number of rotatable bonds is 11. The topological polar surface area (TPSA) is 88.9 Å². The lowest BCUT2D eigenvalue weighted by atomic mass is 10.0. The minimum absolute atomic E-state index is 0.00832. The summed E-state index contributed by atoms with van der Waals surface area (Å²) in [5.74, 6) is -0.452. The van der Waals surface area contributed by atoms with E-state index in [1.807, 2.05) is 18.4 Å². The van der Waals surface area contributed by atoms with Gasteiger partial charge < -0.3 is 15.2 Å². The van der Waals surface area contributed by atoms with Crippen LogP contribution in [0.2, 0.25) is 5.02 Å². The summed E-state index contributed by atoms with van der Waals surface area (Å²) in [5.41, 5.74) is 0.463. The number of aromatic nitrogens is 3. The predicted octanol–water partition coefficient (Wildman–Crippen LogP) is 6.27. The number of anilines is 1. The van der Waals surface area contributed by atoms with E-state index < -0.39 is 11.9 Å². The first kappa shape index (κ1) is 27.9. The van der Waals surface area contributed by atoms with Crippen LogP contribution in [0.4, 0.5) is 10.1 Å². The first-order valence-electron chi connectivity index (χ1n) is 11.2. The van der Waals surface area contributed by atoms with Gasteiger partial charge in [0.1, 0.15) is 5.82 Å². The van der Waals surface area contributed by atoms with Crippen LogP contribution in [0.1, 0.15) is 42.5 Å². The average Bonchev–Trinajstić information content (AvgIpc) is 3.22. The number of hydrogen-bond donors (Lipinski definition) is 2. The van der Waals surface area contributed by atoms with E-state index in [1.165, 1.54) is 12.1 Å². The molecule has 7 nitrogen and oxygen atoms in total. The van der Waals surface area contributed by atoms with Crippen LogP contribution in [-0.4, -0.2) is 32.3 Å². The standard InChI is InChI=1S/C25H26BrClFN5O2S/c1-4-11-33-23(21(12-15(2)3)30-24(35)17-7-5-6-8-18(17)27)31-32-25(33)36-14-22(34)29-20-10-9-16(26)13-19(20)28/h4-10,13,15,21H,1,11-12,14H2,2-3H3,(H,29,34)(H,30,35)/t21-/m1/s1. The van der Waals surface area contributed by atoms with Gasteiger partial charge >= 0.3 is 0 Å².